The lowest BCUT2D eigenvalue weighted by Gasteiger charge is -1.97. The van der Waals surface area contributed by atoms with Gasteiger partial charge in [-0.3, -0.25) is 25.6 Å². The lowest BCUT2D eigenvalue weighted by Crippen LogP contribution is -2.35. The Hall–Kier alpha value is -2.19. The van der Waals surface area contributed by atoms with Crippen molar-refractivity contribution in [2.24, 2.45) is 5.73 Å². The van der Waals surface area contributed by atoms with Crippen LogP contribution >= 0.6 is 23.7 Å². The molecule has 1 aromatic carbocycles. The molecule has 0 bridgehead atoms. The summed E-state index contributed by atoms with van der Waals surface area (Å²) in [4.78, 5) is 22.1. The van der Waals surface area contributed by atoms with Crippen LogP contribution in [-0.4, -0.2) is 16.8 Å². The number of nitrogens with one attached hydrogen (secondary N) is 2. The first-order valence-corrected chi connectivity index (χ1v) is 5.62. The van der Waals surface area contributed by atoms with Gasteiger partial charge in [0.15, 0.2) is 5.96 Å². The Balaban J connectivity index is 0.00000180. The first-order valence-electron chi connectivity index (χ1n) is 4.81. The molecule has 0 saturated heterocycles. The standard InChI is InChI=1S/C10H8N4O3S.ClH/c11-10(12)13-9(15)8-4-5-3-6(14(16)17)1-2-7(5)18-8;/h1-4H,(H4,11,12,13,15);1H. The molecule has 0 fully saturated rings. The third-order valence-corrected chi connectivity index (χ3v) is 3.30. The van der Waals surface area contributed by atoms with E-state index < -0.39 is 16.8 Å². The fraction of sp³-hybridized carbons (Fsp3) is 0. The summed E-state index contributed by atoms with van der Waals surface area (Å²) in [5, 5.41) is 20.3. The van der Waals surface area contributed by atoms with Crippen molar-refractivity contribution in [1.82, 2.24) is 5.32 Å². The van der Waals surface area contributed by atoms with Crippen LogP contribution in [0.5, 0.6) is 0 Å². The minimum atomic E-state index is -0.494. The van der Waals surface area contributed by atoms with Crippen molar-refractivity contribution in [2.45, 2.75) is 0 Å². The average molecular weight is 301 g/mol. The maximum Gasteiger partial charge on any atom is 0.270 e. The van der Waals surface area contributed by atoms with Crippen molar-refractivity contribution in [2.75, 3.05) is 0 Å². The number of amides is 1. The summed E-state index contributed by atoms with van der Waals surface area (Å²) in [6.45, 7) is 0. The number of fused-ring (bicyclic) bond motifs is 1. The molecule has 0 radical (unpaired) electrons. The molecule has 1 amide bonds. The summed E-state index contributed by atoms with van der Waals surface area (Å²) >= 11 is 1.18. The number of non-ortho nitro benzene ring substituents is 1. The second-order valence-corrected chi connectivity index (χ2v) is 4.54. The number of thiophene rings is 1. The maximum atomic E-state index is 11.6. The van der Waals surface area contributed by atoms with Gasteiger partial charge >= 0.3 is 0 Å². The molecule has 1 aromatic heterocycles. The number of nitrogens with zero attached hydrogens (tertiary/aromatic N) is 1. The third-order valence-electron chi connectivity index (χ3n) is 2.18. The van der Waals surface area contributed by atoms with E-state index in [1.807, 2.05) is 0 Å². The van der Waals surface area contributed by atoms with Crippen LogP contribution in [0.15, 0.2) is 24.3 Å². The van der Waals surface area contributed by atoms with Crippen molar-refractivity contribution >= 4 is 51.4 Å². The summed E-state index contributed by atoms with van der Waals surface area (Å²) < 4.78 is 0.759. The number of carbonyl (C=O) groups excluding carboxylic acids is 1. The minimum Gasteiger partial charge on any atom is -0.370 e. The van der Waals surface area contributed by atoms with E-state index in [1.54, 1.807) is 6.07 Å². The lowest BCUT2D eigenvalue weighted by molar-refractivity contribution is -0.384. The Morgan fingerprint density at radius 3 is 2.68 bits per heavy atom. The van der Waals surface area contributed by atoms with Gasteiger partial charge in [-0.15, -0.1) is 23.7 Å². The van der Waals surface area contributed by atoms with E-state index in [9.17, 15) is 14.9 Å². The Morgan fingerprint density at radius 2 is 2.11 bits per heavy atom. The number of rotatable bonds is 2. The number of benzene rings is 1. The van der Waals surface area contributed by atoms with E-state index in [1.165, 1.54) is 29.5 Å². The van der Waals surface area contributed by atoms with Crippen LogP contribution in [0, 0.1) is 15.5 Å². The van der Waals surface area contributed by atoms with Crippen molar-refractivity contribution in [1.29, 1.82) is 5.41 Å². The Labute approximate surface area is 117 Å². The number of guanidine groups is 1. The molecule has 0 atom stereocenters. The van der Waals surface area contributed by atoms with Gasteiger partial charge in [0.25, 0.3) is 11.6 Å². The zero-order valence-corrected chi connectivity index (χ0v) is 11.0. The molecular weight excluding hydrogens is 292 g/mol. The highest BCUT2D eigenvalue weighted by atomic mass is 35.5. The van der Waals surface area contributed by atoms with Crippen LogP contribution in [0.2, 0.25) is 0 Å². The molecular formula is C10H9ClN4O3S. The van der Waals surface area contributed by atoms with Gasteiger partial charge in [0.1, 0.15) is 0 Å². The molecule has 1 heterocycles. The van der Waals surface area contributed by atoms with E-state index in [2.05, 4.69) is 5.32 Å². The van der Waals surface area contributed by atoms with E-state index in [4.69, 9.17) is 11.1 Å². The van der Waals surface area contributed by atoms with Crippen molar-refractivity contribution < 1.29 is 9.72 Å². The molecule has 0 aliphatic rings. The highest BCUT2D eigenvalue weighted by Gasteiger charge is 2.13. The molecule has 4 N–H and O–H groups in total. The SMILES string of the molecule is Cl.N=C(N)NC(=O)c1cc2cc([N+](=O)[O-])ccc2s1. The predicted molar refractivity (Wildman–Crippen MR) is 75.1 cm³/mol. The van der Waals surface area contributed by atoms with Gasteiger partial charge in [-0.2, -0.15) is 0 Å². The van der Waals surface area contributed by atoms with Crippen LogP contribution in [0.1, 0.15) is 9.67 Å². The second kappa shape index (κ2) is 5.63. The zero-order chi connectivity index (χ0) is 13.3. The van der Waals surface area contributed by atoms with E-state index >= 15 is 0 Å². The number of hydrogen-bond donors (Lipinski definition) is 3. The fourth-order valence-corrected chi connectivity index (χ4v) is 2.38. The molecule has 0 aliphatic heterocycles. The number of nitrogens with two attached hydrogens (primary N) is 1. The van der Waals surface area contributed by atoms with Crippen LogP contribution < -0.4 is 11.1 Å². The van der Waals surface area contributed by atoms with Gasteiger partial charge in [0.05, 0.1) is 9.80 Å². The second-order valence-electron chi connectivity index (χ2n) is 3.46. The van der Waals surface area contributed by atoms with Gasteiger partial charge in [0, 0.05) is 22.2 Å². The third kappa shape index (κ3) is 3.18. The lowest BCUT2D eigenvalue weighted by atomic mass is 10.2. The first-order chi connectivity index (χ1) is 8.47. The molecule has 100 valence electrons. The normalized spacial score (nSPS) is 9.68. The predicted octanol–water partition coefficient (Wildman–Crippen LogP) is 1.85. The van der Waals surface area contributed by atoms with E-state index in [0.29, 0.717) is 10.3 Å². The first kappa shape index (κ1) is 14.9. The summed E-state index contributed by atoms with van der Waals surface area (Å²) in [6.07, 6.45) is 0. The molecule has 0 unspecified atom stereocenters. The largest absolute Gasteiger partial charge is 0.370 e. The monoisotopic (exact) mass is 300 g/mol. The zero-order valence-electron chi connectivity index (χ0n) is 9.38. The average Bonchev–Trinajstić information content (AvgIpc) is 2.70. The number of hydrogen-bond acceptors (Lipinski definition) is 5. The van der Waals surface area contributed by atoms with Gasteiger partial charge in [-0.1, -0.05) is 0 Å². The van der Waals surface area contributed by atoms with Crippen molar-refractivity contribution in [3.63, 3.8) is 0 Å². The van der Waals surface area contributed by atoms with Gasteiger partial charge in [-0.25, -0.2) is 0 Å². The quantitative estimate of drug-likeness (QED) is 0.339. The summed E-state index contributed by atoms with van der Waals surface area (Å²) in [5.41, 5.74) is 5.03. The van der Waals surface area contributed by atoms with Crippen LogP contribution in [-0.2, 0) is 0 Å². The highest BCUT2D eigenvalue weighted by molar-refractivity contribution is 7.20. The maximum absolute atomic E-state index is 11.6. The number of halogens is 1. The number of nitro benzene ring substituents is 1. The van der Waals surface area contributed by atoms with Crippen LogP contribution in [0.3, 0.4) is 0 Å². The van der Waals surface area contributed by atoms with E-state index in [-0.39, 0.29) is 18.1 Å². The Morgan fingerprint density at radius 1 is 1.42 bits per heavy atom. The van der Waals surface area contributed by atoms with Gasteiger partial charge in [-0.05, 0) is 12.1 Å². The van der Waals surface area contributed by atoms with Crippen LogP contribution in [0.4, 0.5) is 5.69 Å². The molecule has 19 heavy (non-hydrogen) atoms. The smallest absolute Gasteiger partial charge is 0.270 e. The Bertz CT molecular complexity index is 670. The summed E-state index contributed by atoms with van der Waals surface area (Å²) in [5.74, 6) is -0.935. The van der Waals surface area contributed by atoms with Crippen molar-refractivity contribution in [3.8, 4) is 0 Å². The van der Waals surface area contributed by atoms with Gasteiger partial charge < -0.3 is 5.73 Å². The number of nitro groups is 1. The summed E-state index contributed by atoms with van der Waals surface area (Å²) in [7, 11) is 0. The molecule has 9 heteroatoms. The topological polar surface area (TPSA) is 122 Å². The number of carbonyl (C=O) groups is 1. The van der Waals surface area contributed by atoms with E-state index in [0.717, 1.165) is 4.70 Å². The fourth-order valence-electron chi connectivity index (χ4n) is 1.44. The molecule has 0 aliphatic carbocycles. The minimum absolute atomic E-state index is 0. The highest BCUT2D eigenvalue weighted by Crippen LogP contribution is 2.28. The van der Waals surface area contributed by atoms with Gasteiger partial charge in [0.2, 0.25) is 0 Å². The Kier molecular flexibility index (Phi) is 4.41. The molecule has 2 rings (SSSR count). The molecule has 7 nitrogen and oxygen atoms in total. The molecule has 0 saturated carbocycles. The van der Waals surface area contributed by atoms with Crippen LogP contribution in [0.25, 0.3) is 10.1 Å². The molecule has 2 aromatic rings. The van der Waals surface area contributed by atoms with Crippen molar-refractivity contribution in [3.05, 3.63) is 39.3 Å². The molecule has 0 spiro atoms. The summed E-state index contributed by atoms with van der Waals surface area (Å²) in [6, 6.07) is 5.90.